The fourth-order valence-corrected chi connectivity index (χ4v) is 3.84. The van der Waals surface area contributed by atoms with Gasteiger partial charge in [0.25, 0.3) is 11.8 Å². The Hall–Kier alpha value is -3.67. The summed E-state index contributed by atoms with van der Waals surface area (Å²) in [6, 6.07) is 17.6. The van der Waals surface area contributed by atoms with Crippen LogP contribution in [0.4, 0.5) is 0 Å². The van der Waals surface area contributed by atoms with E-state index in [0.29, 0.717) is 42.3 Å². The van der Waals surface area contributed by atoms with Gasteiger partial charge in [0.1, 0.15) is 0 Å². The molecule has 1 aliphatic heterocycles. The number of nitrogens with zero attached hydrogens (tertiary/aromatic N) is 2. The van der Waals surface area contributed by atoms with Crippen molar-refractivity contribution in [1.29, 1.82) is 0 Å². The summed E-state index contributed by atoms with van der Waals surface area (Å²) in [6.07, 6.45) is 2.10. The van der Waals surface area contributed by atoms with Crippen LogP contribution in [0.1, 0.15) is 51.9 Å². The zero-order chi connectivity index (χ0) is 21.8. The molecule has 1 atom stereocenters. The highest BCUT2D eigenvalue weighted by atomic mass is 16.5. The number of hydrogen-bond acceptors (Lipinski definition) is 5. The van der Waals surface area contributed by atoms with Gasteiger partial charge in [0, 0.05) is 18.3 Å². The Balaban J connectivity index is 1.78. The summed E-state index contributed by atoms with van der Waals surface area (Å²) in [6.45, 7) is 4.79. The number of rotatable bonds is 8. The third kappa shape index (κ3) is 4.01. The van der Waals surface area contributed by atoms with Gasteiger partial charge in [-0.1, -0.05) is 24.3 Å². The quantitative estimate of drug-likeness (QED) is 0.507. The van der Waals surface area contributed by atoms with E-state index < -0.39 is 6.04 Å². The maximum Gasteiger partial charge on any atom is 0.262 e. The number of fused-ring (bicyclic) bond motifs is 1. The van der Waals surface area contributed by atoms with Crippen molar-refractivity contribution < 1.29 is 19.1 Å². The predicted molar refractivity (Wildman–Crippen MR) is 116 cm³/mol. The van der Waals surface area contributed by atoms with Crippen molar-refractivity contribution in [1.82, 2.24) is 9.88 Å². The van der Waals surface area contributed by atoms with Crippen LogP contribution < -0.4 is 9.47 Å². The molecule has 0 saturated carbocycles. The molecule has 158 valence electrons. The lowest BCUT2D eigenvalue weighted by Crippen LogP contribution is -2.35. The highest BCUT2D eigenvalue weighted by molar-refractivity contribution is 6.21. The van der Waals surface area contributed by atoms with Crippen LogP contribution in [0.2, 0.25) is 0 Å². The molecule has 0 spiro atoms. The van der Waals surface area contributed by atoms with Gasteiger partial charge in [0.05, 0.1) is 30.4 Å². The molecule has 6 nitrogen and oxygen atoms in total. The number of ether oxygens (including phenoxy) is 2. The van der Waals surface area contributed by atoms with Crippen LogP contribution in [-0.2, 0) is 6.42 Å². The second kappa shape index (κ2) is 9.00. The first-order valence-corrected chi connectivity index (χ1v) is 10.4. The third-order valence-corrected chi connectivity index (χ3v) is 5.22. The van der Waals surface area contributed by atoms with Gasteiger partial charge in [0.2, 0.25) is 0 Å². The minimum absolute atomic E-state index is 0.298. The van der Waals surface area contributed by atoms with E-state index in [-0.39, 0.29) is 11.8 Å². The van der Waals surface area contributed by atoms with Crippen molar-refractivity contribution in [2.45, 2.75) is 26.3 Å². The zero-order valence-corrected chi connectivity index (χ0v) is 17.6. The molecule has 0 N–H and O–H groups in total. The number of hydrogen-bond donors (Lipinski definition) is 0. The average molecular weight is 416 g/mol. The standard InChI is InChI=1S/C25H24N2O4/c1-3-30-22-13-12-17(15-23(22)31-4-2)21(16-18-9-7-8-14-26-18)27-24(28)19-10-5-6-11-20(19)25(27)29/h5-15,21H,3-4,16H2,1-2H3. The first kappa shape index (κ1) is 20.6. The van der Waals surface area contributed by atoms with Gasteiger partial charge in [-0.25, -0.2) is 0 Å². The van der Waals surface area contributed by atoms with Crippen LogP contribution >= 0.6 is 0 Å². The number of aromatic nitrogens is 1. The SMILES string of the molecule is CCOc1ccc(C(Cc2ccccn2)N2C(=O)c3ccccc3C2=O)cc1OCC. The van der Waals surface area contributed by atoms with E-state index in [1.54, 1.807) is 30.5 Å². The average Bonchev–Trinajstić information content (AvgIpc) is 3.05. The maximum absolute atomic E-state index is 13.2. The molecular formula is C25H24N2O4. The number of carbonyl (C=O) groups is 2. The second-order valence-corrected chi connectivity index (χ2v) is 7.14. The predicted octanol–water partition coefficient (Wildman–Crippen LogP) is 4.46. The van der Waals surface area contributed by atoms with E-state index in [9.17, 15) is 9.59 Å². The fraction of sp³-hybridized carbons (Fsp3) is 0.240. The van der Waals surface area contributed by atoms with Gasteiger partial charge in [-0.2, -0.15) is 0 Å². The second-order valence-electron chi connectivity index (χ2n) is 7.14. The molecule has 0 saturated heterocycles. The summed E-state index contributed by atoms with van der Waals surface area (Å²) in [5.74, 6) is 0.623. The number of amides is 2. The molecule has 2 amide bonds. The first-order valence-electron chi connectivity index (χ1n) is 10.4. The van der Waals surface area contributed by atoms with Gasteiger partial charge in [-0.05, 0) is 55.8 Å². The zero-order valence-electron chi connectivity index (χ0n) is 17.6. The molecular weight excluding hydrogens is 392 g/mol. The molecule has 0 aliphatic carbocycles. The number of pyridine rings is 1. The van der Waals surface area contributed by atoms with Crippen molar-refractivity contribution in [3.8, 4) is 11.5 Å². The monoisotopic (exact) mass is 416 g/mol. The molecule has 3 aromatic rings. The molecule has 1 aliphatic rings. The number of imide groups is 1. The molecule has 6 heteroatoms. The number of benzene rings is 2. The molecule has 4 rings (SSSR count). The number of carbonyl (C=O) groups excluding carboxylic acids is 2. The minimum Gasteiger partial charge on any atom is -0.490 e. The summed E-state index contributed by atoms with van der Waals surface area (Å²) in [7, 11) is 0. The van der Waals surface area contributed by atoms with Crippen LogP contribution in [-0.4, -0.2) is 34.9 Å². The van der Waals surface area contributed by atoms with Gasteiger partial charge in [-0.3, -0.25) is 19.5 Å². The van der Waals surface area contributed by atoms with E-state index in [0.717, 1.165) is 11.3 Å². The van der Waals surface area contributed by atoms with Crippen molar-refractivity contribution in [3.63, 3.8) is 0 Å². The van der Waals surface area contributed by atoms with Gasteiger partial charge in [0.15, 0.2) is 11.5 Å². The Labute approximate surface area is 181 Å². The summed E-state index contributed by atoms with van der Waals surface area (Å²) in [5, 5.41) is 0. The molecule has 2 heterocycles. The maximum atomic E-state index is 13.2. The highest BCUT2D eigenvalue weighted by Crippen LogP contribution is 2.37. The van der Waals surface area contributed by atoms with Crippen molar-refractivity contribution in [2.75, 3.05) is 13.2 Å². The van der Waals surface area contributed by atoms with Crippen molar-refractivity contribution in [2.24, 2.45) is 0 Å². The lowest BCUT2D eigenvalue weighted by molar-refractivity contribution is 0.0580. The van der Waals surface area contributed by atoms with Gasteiger partial charge >= 0.3 is 0 Å². The molecule has 1 aromatic heterocycles. The third-order valence-electron chi connectivity index (χ3n) is 5.22. The van der Waals surface area contributed by atoms with Crippen molar-refractivity contribution >= 4 is 11.8 Å². The van der Waals surface area contributed by atoms with E-state index in [1.165, 1.54) is 4.90 Å². The minimum atomic E-state index is -0.530. The van der Waals surface area contributed by atoms with E-state index in [1.807, 2.05) is 50.2 Å². The Morgan fingerprint density at radius 2 is 1.48 bits per heavy atom. The lowest BCUT2D eigenvalue weighted by Gasteiger charge is -2.27. The largest absolute Gasteiger partial charge is 0.490 e. The molecule has 1 unspecified atom stereocenters. The smallest absolute Gasteiger partial charge is 0.262 e. The van der Waals surface area contributed by atoms with Crippen LogP contribution in [0.15, 0.2) is 66.9 Å². The first-order chi connectivity index (χ1) is 15.1. The van der Waals surface area contributed by atoms with E-state index >= 15 is 0 Å². The van der Waals surface area contributed by atoms with E-state index in [2.05, 4.69) is 4.98 Å². The van der Waals surface area contributed by atoms with Crippen LogP contribution in [0.3, 0.4) is 0 Å². The topological polar surface area (TPSA) is 68.7 Å². The van der Waals surface area contributed by atoms with Crippen molar-refractivity contribution in [3.05, 3.63) is 89.2 Å². The van der Waals surface area contributed by atoms with E-state index in [4.69, 9.17) is 9.47 Å². The van der Waals surface area contributed by atoms with Crippen LogP contribution in [0.5, 0.6) is 11.5 Å². The summed E-state index contributed by atoms with van der Waals surface area (Å²) < 4.78 is 11.5. The lowest BCUT2D eigenvalue weighted by atomic mass is 9.99. The summed E-state index contributed by atoms with van der Waals surface area (Å²) in [5.41, 5.74) is 2.42. The molecule has 0 radical (unpaired) electrons. The Bertz CT molecular complexity index is 1060. The van der Waals surface area contributed by atoms with Gasteiger partial charge < -0.3 is 9.47 Å². The highest BCUT2D eigenvalue weighted by Gasteiger charge is 2.40. The fourth-order valence-electron chi connectivity index (χ4n) is 3.84. The van der Waals surface area contributed by atoms with Crippen LogP contribution in [0, 0.1) is 0 Å². The summed E-state index contributed by atoms with van der Waals surface area (Å²) in [4.78, 5) is 32.2. The summed E-state index contributed by atoms with van der Waals surface area (Å²) >= 11 is 0. The molecule has 2 aromatic carbocycles. The Kier molecular flexibility index (Phi) is 5.98. The van der Waals surface area contributed by atoms with Gasteiger partial charge in [-0.15, -0.1) is 0 Å². The molecule has 0 bridgehead atoms. The normalized spacial score (nSPS) is 13.8. The molecule has 0 fully saturated rings. The Morgan fingerprint density at radius 3 is 2.10 bits per heavy atom. The molecule has 31 heavy (non-hydrogen) atoms. The Morgan fingerprint density at radius 1 is 0.839 bits per heavy atom. The van der Waals surface area contributed by atoms with Crippen LogP contribution in [0.25, 0.3) is 0 Å².